The molecule has 0 aliphatic carbocycles. The Morgan fingerprint density at radius 3 is 2.40 bits per heavy atom. The van der Waals surface area contributed by atoms with E-state index in [-0.39, 0.29) is 11.7 Å². The van der Waals surface area contributed by atoms with Crippen LogP contribution >= 0.6 is 11.6 Å². The number of hydrogen-bond donors (Lipinski definition) is 0. The van der Waals surface area contributed by atoms with Crippen LogP contribution in [0.1, 0.15) is 33.1 Å². The summed E-state index contributed by atoms with van der Waals surface area (Å²) in [4.78, 5) is 0. The van der Waals surface area contributed by atoms with Crippen LogP contribution in [0.2, 0.25) is 0 Å². The molecule has 0 aromatic rings. The average molecular weight is 256 g/mol. The SMILES string of the molecule is CCCCCN(C)S(=O)(=O)CC(C)CCl. The summed E-state index contributed by atoms with van der Waals surface area (Å²) in [6.45, 7) is 4.57. The smallest absolute Gasteiger partial charge is 0.212 e. The van der Waals surface area contributed by atoms with Crippen LogP contribution in [-0.2, 0) is 10.0 Å². The van der Waals surface area contributed by atoms with Gasteiger partial charge in [0.25, 0.3) is 0 Å². The van der Waals surface area contributed by atoms with Gasteiger partial charge in [-0.25, -0.2) is 12.7 Å². The quantitative estimate of drug-likeness (QED) is 0.493. The lowest BCUT2D eigenvalue weighted by molar-refractivity contribution is 0.449. The molecular formula is C10H22ClNO2S. The summed E-state index contributed by atoms with van der Waals surface area (Å²) in [5, 5.41) is 0. The highest BCUT2D eigenvalue weighted by molar-refractivity contribution is 7.89. The van der Waals surface area contributed by atoms with Gasteiger partial charge in [0.1, 0.15) is 0 Å². The summed E-state index contributed by atoms with van der Waals surface area (Å²) in [5.41, 5.74) is 0. The van der Waals surface area contributed by atoms with Gasteiger partial charge >= 0.3 is 0 Å². The van der Waals surface area contributed by atoms with E-state index >= 15 is 0 Å². The van der Waals surface area contributed by atoms with Crippen LogP contribution in [0.15, 0.2) is 0 Å². The van der Waals surface area contributed by atoms with Crippen LogP contribution in [0.4, 0.5) is 0 Å². The molecule has 0 amide bonds. The highest BCUT2D eigenvalue weighted by Gasteiger charge is 2.20. The Bertz CT molecular complexity index is 254. The second-order valence-electron chi connectivity index (χ2n) is 4.07. The minimum Gasteiger partial charge on any atom is -0.212 e. The number of alkyl halides is 1. The maximum Gasteiger partial charge on any atom is 0.214 e. The number of hydrogen-bond acceptors (Lipinski definition) is 2. The zero-order valence-electron chi connectivity index (χ0n) is 9.87. The normalized spacial score (nSPS) is 14.5. The van der Waals surface area contributed by atoms with E-state index in [0.29, 0.717) is 12.4 Å². The molecule has 0 aliphatic heterocycles. The molecule has 0 fully saturated rings. The van der Waals surface area contributed by atoms with E-state index in [1.807, 2.05) is 6.92 Å². The third-order valence-corrected chi connectivity index (χ3v) is 4.96. The average Bonchev–Trinajstić information content (AvgIpc) is 2.17. The van der Waals surface area contributed by atoms with Crippen molar-refractivity contribution in [3.63, 3.8) is 0 Å². The van der Waals surface area contributed by atoms with Crippen LogP contribution in [0, 0.1) is 5.92 Å². The molecular weight excluding hydrogens is 234 g/mol. The number of rotatable bonds is 8. The predicted molar refractivity (Wildman–Crippen MR) is 65.8 cm³/mol. The predicted octanol–water partition coefficient (Wildman–Crippen LogP) is 2.31. The Hall–Kier alpha value is 0.200. The first-order chi connectivity index (χ1) is 6.94. The van der Waals surface area contributed by atoms with Gasteiger partial charge in [-0.15, -0.1) is 11.6 Å². The van der Waals surface area contributed by atoms with Gasteiger partial charge in [0, 0.05) is 19.5 Å². The molecule has 0 aromatic carbocycles. The molecule has 0 radical (unpaired) electrons. The lowest BCUT2D eigenvalue weighted by atomic mass is 10.2. The number of nitrogens with zero attached hydrogens (tertiary/aromatic N) is 1. The van der Waals surface area contributed by atoms with E-state index in [1.165, 1.54) is 4.31 Å². The molecule has 0 heterocycles. The number of unbranched alkanes of at least 4 members (excludes halogenated alkanes) is 2. The van der Waals surface area contributed by atoms with E-state index in [9.17, 15) is 8.42 Å². The molecule has 3 nitrogen and oxygen atoms in total. The van der Waals surface area contributed by atoms with Gasteiger partial charge in [-0.05, 0) is 12.3 Å². The van der Waals surface area contributed by atoms with Crippen molar-refractivity contribution in [2.75, 3.05) is 25.2 Å². The standard InChI is InChI=1S/C10H22ClNO2S/c1-4-5-6-7-12(3)15(13,14)9-10(2)8-11/h10H,4-9H2,1-3H3. The van der Waals surface area contributed by atoms with Crippen LogP contribution in [0.5, 0.6) is 0 Å². The van der Waals surface area contributed by atoms with Crippen molar-refractivity contribution in [2.45, 2.75) is 33.1 Å². The summed E-state index contributed by atoms with van der Waals surface area (Å²) in [6, 6.07) is 0. The molecule has 1 unspecified atom stereocenters. The zero-order chi connectivity index (χ0) is 11.9. The van der Waals surface area contributed by atoms with Crippen molar-refractivity contribution in [3.05, 3.63) is 0 Å². The minimum absolute atomic E-state index is 0.0188. The van der Waals surface area contributed by atoms with E-state index in [2.05, 4.69) is 6.92 Å². The van der Waals surface area contributed by atoms with Gasteiger partial charge < -0.3 is 0 Å². The molecule has 0 N–H and O–H groups in total. The largest absolute Gasteiger partial charge is 0.214 e. The van der Waals surface area contributed by atoms with Crippen LogP contribution in [-0.4, -0.2) is 37.9 Å². The molecule has 1 atom stereocenters. The first kappa shape index (κ1) is 15.2. The van der Waals surface area contributed by atoms with Gasteiger partial charge in [0.15, 0.2) is 0 Å². The maximum absolute atomic E-state index is 11.8. The van der Waals surface area contributed by atoms with E-state index < -0.39 is 10.0 Å². The zero-order valence-corrected chi connectivity index (χ0v) is 11.4. The first-order valence-electron chi connectivity index (χ1n) is 5.44. The van der Waals surface area contributed by atoms with Gasteiger partial charge in [-0.3, -0.25) is 0 Å². The second-order valence-corrected chi connectivity index (χ2v) is 6.50. The topological polar surface area (TPSA) is 37.4 Å². The van der Waals surface area contributed by atoms with Crippen molar-refractivity contribution in [2.24, 2.45) is 5.92 Å². The fourth-order valence-electron chi connectivity index (χ4n) is 1.25. The Balaban J connectivity index is 4.08. The fourth-order valence-corrected chi connectivity index (χ4v) is 2.99. The third-order valence-electron chi connectivity index (χ3n) is 2.31. The summed E-state index contributed by atoms with van der Waals surface area (Å²) >= 11 is 5.61. The van der Waals surface area contributed by atoms with Gasteiger partial charge in [-0.2, -0.15) is 0 Å². The molecule has 0 aromatic heterocycles. The van der Waals surface area contributed by atoms with E-state index in [0.717, 1.165) is 19.3 Å². The molecule has 5 heteroatoms. The van der Waals surface area contributed by atoms with Crippen molar-refractivity contribution in [1.29, 1.82) is 0 Å². The second kappa shape index (κ2) is 7.47. The van der Waals surface area contributed by atoms with E-state index in [1.54, 1.807) is 7.05 Å². The van der Waals surface area contributed by atoms with Crippen LogP contribution < -0.4 is 0 Å². The third kappa shape index (κ3) is 6.38. The molecule has 0 rings (SSSR count). The van der Waals surface area contributed by atoms with Gasteiger partial charge in [0.05, 0.1) is 5.75 Å². The minimum atomic E-state index is -3.10. The Morgan fingerprint density at radius 1 is 1.33 bits per heavy atom. The molecule has 0 spiro atoms. The molecule has 0 saturated heterocycles. The molecule has 0 aliphatic rings. The summed E-state index contributed by atoms with van der Waals surface area (Å²) in [6.07, 6.45) is 3.11. The fraction of sp³-hybridized carbons (Fsp3) is 1.00. The lowest BCUT2D eigenvalue weighted by Gasteiger charge is -2.18. The highest BCUT2D eigenvalue weighted by Crippen LogP contribution is 2.08. The van der Waals surface area contributed by atoms with Crippen LogP contribution in [0.25, 0.3) is 0 Å². The first-order valence-corrected chi connectivity index (χ1v) is 7.58. The van der Waals surface area contributed by atoms with Crippen molar-refractivity contribution >= 4 is 21.6 Å². The number of halogens is 1. The number of sulfonamides is 1. The maximum atomic E-state index is 11.8. The monoisotopic (exact) mass is 255 g/mol. The van der Waals surface area contributed by atoms with Gasteiger partial charge in [-0.1, -0.05) is 26.7 Å². The molecule has 92 valence electrons. The highest BCUT2D eigenvalue weighted by atomic mass is 35.5. The molecule has 0 bridgehead atoms. The Kier molecular flexibility index (Phi) is 7.57. The molecule has 15 heavy (non-hydrogen) atoms. The lowest BCUT2D eigenvalue weighted by Crippen LogP contribution is -2.32. The van der Waals surface area contributed by atoms with Crippen LogP contribution in [0.3, 0.4) is 0 Å². The summed E-state index contributed by atoms with van der Waals surface area (Å²) < 4.78 is 25.0. The van der Waals surface area contributed by atoms with Crippen molar-refractivity contribution in [1.82, 2.24) is 4.31 Å². The molecule has 0 saturated carbocycles. The van der Waals surface area contributed by atoms with E-state index in [4.69, 9.17) is 11.6 Å². The van der Waals surface area contributed by atoms with Crippen molar-refractivity contribution < 1.29 is 8.42 Å². The Labute approximate surface area is 98.8 Å². The summed E-state index contributed by atoms with van der Waals surface area (Å²) in [5.74, 6) is 0.562. The van der Waals surface area contributed by atoms with Gasteiger partial charge in [0.2, 0.25) is 10.0 Å². The van der Waals surface area contributed by atoms with Crippen molar-refractivity contribution in [3.8, 4) is 0 Å². The Morgan fingerprint density at radius 2 is 1.93 bits per heavy atom. The summed E-state index contributed by atoms with van der Waals surface area (Å²) in [7, 11) is -1.46.